The van der Waals surface area contributed by atoms with Crippen molar-refractivity contribution in [3.8, 4) is 0 Å². The molecule has 1 aliphatic carbocycles. The summed E-state index contributed by atoms with van der Waals surface area (Å²) in [5.41, 5.74) is 8.31. The minimum Gasteiger partial charge on any atom is -0.399 e. The molecule has 0 saturated heterocycles. The second kappa shape index (κ2) is 3.39. The molecule has 1 aromatic carbocycles. The summed E-state index contributed by atoms with van der Waals surface area (Å²) < 4.78 is 1.03. The predicted octanol–water partition coefficient (Wildman–Crippen LogP) is 3.88. The molecule has 0 atom stereocenters. The summed E-state index contributed by atoms with van der Waals surface area (Å²) in [4.78, 5) is 0. The van der Waals surface area contributed by atoms with Gasteiger partial charge in [0.25, 0.3) is 0 Å². The van der Waals surface area contributed by atoms with E-state index in [0.717, 1.165) is 15.8 Å². The smallest absolute Gasteiger partial charge is 0.0488 e. The van der Waals surface area contributed by atoms with Crippen LogP contribution >= 0.6 is 15.9 Å². The Kier molecular flexibility index (Phi) is 2.50. The molecule has 0 aromatic heterocycles. The number of hydrogen-bond donors (Lipinski definition) is 2. The Hall–Kier alpha value is -0.700. The predicted molar refractivity (Wildman–Crippen MR) is 73.5 cm³/mol. The van der Waals surface area contributed by atoms with Crippen molar-refractivity contribution in [3.05, 3.63) is 22.7 Å². The summed E-state index contributed by atoms with van der Waals surface area (Å²) in [6, 6.07) is 6.41. The molecule has 1 aliphatic rings. The molecule has 3 N–H and O–H groups in total. The molecular weight excluding hydrogens is 264 g/mol. The van der Waals surface area contributed by atoms with E-state index < -0.39 is 0 Å². The summed E-state index contributed by atoms with van der Waals surface area (Å²) >= 11 is 3.54. The summed E-state index contributed by atoms with van der Waals surface area (Å²) in [6.45, 7) is 9.21. The average molecular weight is 283 g/mol. The van der Waals surface area contributed by atoms with Crippen LogP contribution in [0, 0.1) is 10.8 Å². The van der Waals surface area contributed by atoms with Crippen molar-refractivity contribution in [2.75, 3.05) is 11.1 Å². The topological polar surface area (TPSA) is 38.0 Å². The monoisotopic (exact) mass is 282 g/mol. The number of anilines is 2. The van der Waals surface area contributed by atoms with Gasteiger partial charge >= 0.3 is 0 Å². The Bertz CT molecular complexity index is 410. The maximum absolute atomic E-state index is 5.72. The summed E-state index contributed by atoms with van der Waals surface area (Å²) in [5.74, 6) is 0. The summed E-state index contributed by atoms with van der Waals surface area (Å²) in [6.07, 6.45) is 0. The molecule has 88 valence electrons. The Morgan fingerprint density at radius 2 is 1.75 bits per heavy atom. The molecule has 0 bridgehead atoms. The first-order valence-electron chi connectivity index (χ1n) is 5.58. The Morgan fingerprint density at radius 3 is 2.19 bits per heavy atom. The van der Waals surface area contributed by atoms with E-state index in [9.17, 15) is 0 Å². The van der Waals surface area contributed by atoms with Gasteiger partial charge in [0, 0.05) is 21.9 Å². The largest absolute Gasteiger partial charge is 0.399 e. The third-order valence-corrected chi connectivity index (χ3v) is 4.97. The van der Waals surface area contributed by atoms with Crippen molar-refractivity contribution >= 4 is 27.3 Å². The van der Waals surface area contributed by atoms with Crippen molar-refractivity contribution in [1.29, 1.82) is 0 Å². The third-order valence-electron chi connectivity index (χ3n) is 4.31. The molecule has 0 spiro atoms. The van der Waals surface area contributed by atoms with Gasteiger partial charge in [-0.15, -0.1) is 0 Å². The van der Waals surface area contributed by atoms with Crippen LogP contribution in [-0.2, 0) is 0 Å². The highest BCUT2D eigenvalue weighted by Gasteiger charge is 2.64. The van der Waals surface area contributed by atoms with Gasteiger partial charge in [0.2, 0.25) is 0 Å². The highest BCUT2D eigenvalue weighted by atomic mass is 79.9. The van der Waals surface area contributed by atoms with Crippen LogP contribution in [0.3, 0.4) is 0 Å². The fourth-order valence-corrected chi connectivity index (χ4v) is 2.87. The van der Waals surface area contributed by atoms with Gasteiger partial charge in [0.15, 0.2) is 0 Å². The lowest BCUT2D eigenvalue weighted by Crippen LogP contribution is -2.10. The number of rotatable bonds is 2. The molecule has 1 saturated carbocycles. The highest BCUT2D eigenvalue weighted by Crippen LogP contribution is 2.63. The van der Waals surface area contributed by atoms with Crippen LogP contribution in [0.1, 0.15) is 27.7 Å². The van der Waals surface area contributed by atoms with Crippen LogP contribution in [0.4, 0.5) is 11.4 Å². The van der Waals surface area contributed by atoms with E-state index in [1.54, 1.807) is 0 Å². The van der Waals surface area contributed by atoms with Crippen molar-refractivity contribution in [3.63, 3.8) is 0 Å². The van der Waals surface area contributed by atoms with Crippen molar-refractivity contribution < 1.29 is 0 Å². The normalized spacial score (nSPS) is 21.8. The maximum atomic E-state index is 5.72. The summed E-state index contributed by atoms with van der Waals surface area (Å²) in [5, 5.41) is 3.59. The number of nitrogens with one attached hydrogen (secondary N) is 1. The molecule has 1 aromatic rings. The zero-order chi connectivity index (χ0) is 12.1. The Morgan fingerprint density at radius 1 is 1.19 bits per heavy atom. The van der Waals surface area contributed by atoms with Crippen LogP contribution in [0.2, 0.25) is 0 Å². The van der Waals surface area contributed by atoms with E-state index in [-0.39, 0.29) is 0 Å². The quantitative estimate of drug-likeness (QED) is 0.808. The van der Waals surface area contributed by atoms with Gasteiger partial charge in [0.1, 0.15) is 0 Å². The fourth-order valence-electron chi connectivity index (χ4n) is 2.36. The zero-order valence-corrected chi connectivity index (χ0v) is 11.9. The van der Waals surface area contributed by atoms with Gasteiger partial charge in [-0.2, -0.15) is 0 Å². The van der Waals surface area contributed by atoms with Crippen molar-refractivity contribution in [2.24, 2.45) is 10.8 Å². The van der Waals surface area contributed by atoms with Gasteiger partial charge in [-0.3, -0.25) is 0 Å². The van der Waals surface area contributed by atoms with E-state index in [2.05, 4.69) is 48.9 Å². The van der Waals surface area contributed by atoms with Crippen LogP contribution in [0.25, 0.3) is 0 Å². The van der Waals surface area contributed by atoms with Gasteiger partial charge in [-0.25, -0.2) is 0 Å². The van der Waals surface area contributed by atoms with Gasteiger partial charge in [0.05, 0.1) is 0 Å². The maximum Gasteiger partial charge on any atom is 0.0488 e. The lowest BCUT2D eigenvalue weighted by molar-refractivity contribution is 0.457. The zero-order valence-electron chi connectivity index (χ0n) is 10.3. The van der Waals surface area contributed by atoms with Crippen molar-refractivity contribution in [2.45, 2.75) is 33.7 Å². The van der Waals surface area contributed by atoms with Crippen LogP contribution in [0.5, 0.6) is 0 Å². The van der Waals surface area contributed by atoms with Gasteiger partial charge < -0.3 is 11.1 Å². The fraction of sp³-hybridized carbons (Fsp3) is 0.538. The highest BCUT2D eigenvalue weighted by molar-refractivity contribution is 9.10. The number of benzene rings is 1. The number of hydrogen-bond acceptors (Lipinski definition) is 2. The molecule has 0 amide bonds. The van der Waals surface area contributed by atoms with Gasteiger partial charge in [-0.1, -0.05) is 27.7 Å². The lowest BCUT2D eigenvalue weighted by atomic mass is 10.0. The number of halogens is 1. The molecule has 0 radical (unpaired) electrons. The van der Waals surface area contributed by atoms with E-state index in [1.807, 2.05) is 18.2 Å². The first-order valence-corrected chi connectivity index (χ1v) is 6.37. The standard InChI is InChI=1S/C13H19BrN2/c1-12(2)11(13(12,3)4)16-10-6-5-8(15)7-9(10)14/h5-7,11,16H,15H2,1-4H3. The van der Waals surface area contributed by atoms with Gasteiger partial charge in [-0.05, 0) is 45.0 Å². The third kappa shape index (κ3) is 1.61. The van der Waals surface area contributed by atoms with E-state index in [0.29, 0.717) is 16.9 Å². The molecule has 2 rings (SSSR count). The molecule has 0 unspecified atom stereocenters. The minimum absolute atomic E-state index is 0.341. The average Bonchev–Trinajstić information content (AvgIpc) is 2.52. The minimum atomic E-state index is 0.341. The number of nitrogens with two attached hydrogens (primary N) is 1. The SMILES string of the molecule is CC1(C)C(Nc2ccc(N)cc2Br)C1(C)C. The lowest BCUT2D eigenvalue weighted by Gasteiger charge is -2.10. The second-order valence-corrected chi connectivity index (χ2v) is 6.61. The van der Waals surface area contributed by atoms with Crippen molar-refractivity contribution in [1.82, 2.24) is 0 Å². The molecule has 1 fully saturated rings. The van der Waals surface area contributed by atoms with Crippen LogP contribution in [-0.4, -0.2) is 6.04 Å². The molecule has 0 heterocycles. The summed E-state index contributed by atoms with van der Waals surface area (Å²) in [7, 11) is 0. The Balaban J connectivity index is 2.18. The Labute approximate surface area is 106 Å². The molecular formula is C13H19BrN2. The molecule has 3 heteroatoms. The van der Waals surface area contributed by atoms with E-state index >= 15 is 0 Å². The van der Waals surface area contributed by atoms with E-state index in [4.69, 9.17) is 5.73 Å². The number of nitrogen functional groups attached to an aromatic ring is 1. The van der Waals surface area contributed by atoms with E-state index in [1.165, 1.54) is 0 Å². The molecule has 16 heavy (non-hydrogen) atoms. The van der Waals surface area contributed by atoms with Crippen LogP contribution in [0.15, 0.2) is 22.7 Å². The molecule has 2 nitrogen and oxygen atoms in total. The molecule has 0 aliphatic heterocycles. The first-order chi connectivity index (χ1) is 7.26. The first kappa shape index (κ1) is 11.8. The van der Waals surface area contributed by atoms with Crippen LogP contribution < -0.4 is 11.1 Å². The second-order valence-electron chi connectivity index (χ2n) is 5.76.